The molecule has 29 heavy (non-hydrogen) atoms. The van der Waals surface area contributed by atoms with Gasteiger partial charge in [0, 0.05) is 29.8 Å². The minimum Gasteiger partial charge on any atom is -0.345 e. The molecule has 1 N–H and O–H groups in total. The topological polar surface area (TPSA) is 59.8 Å². The van der Waals surface area contributed by atoms with Crippen molar-refractivity contribution in [2.45, 2.75) is 26.8 Å². The van der Waals surface area contributed by atoms with Crippen LogP contribution in [0, 0.1) is 13.8 Å². The molecule has 0 saturated heterocycles. The number of aryl methyl sites for hydroxylation is 3. The molecule has 146 valence electrons. The summed E-state index contributed by atoms with van der Waals surface area (Å²) in [6.07, 6.45) is 1.98. The summed E-state index contributed by atoms with van der Waals surface area (Å²) in [6.45, 7) is 5.94. The molecule has 0 bridgehead atoms. The van der Waals surface area contributed by atoms with Gasteiger partial charge in [0.2, 0.25) is 0 Å². The number of rotatable bonds is 4. The van der Waals surface area contributed by atoms with Crippen molar-refractivity contribution >= 4 is 16.8 Å². The van der Waals surface area contributed by atoms with Crippen LogP contribution < -0.4 is 5.32 Å². The molecule has 5 heteroatoms. The number of hydrogen-bond acceptors (Lipinski definition) is 3. The van der Waals surface area contributed by atoms with Gasteiger partial charge in [0.25, 0.3) is 5.91 Å². The molecule has 1 amide bonds. The summed E-state index contributed by atoms with van der Waals surface area (Å²) >= 11 is 0. The highest BCUT2D eigenvalue weighted by Crippen LogP contribution is 2.30. The lowest BCUT2D eigenvalue weighted by atomic mass is 9.99. The summed E-state index contributed by atoms with van der Waals surface area (Å²) < 4.78 is 1.80. The molecule has 0 aliphatic rings. The van der Waals surface area contributed by atoms with E-state index in [2.05, 4.69) is 16.5 Å². The van der Waals surface area contributed by atoms with E-state index in [1.165, 1.54) is 0 Å². The summed E-state index contributed by atoms with van der Waals surface area (Å²) in [7, 11) is 1.91. The Morgan fingerprint density at radius 2 is 1.79 bits per heavy atom. The molecule has 5 nitrogen and oxygen atoms in total. The van der Waals surface area contributed by atoms with Crippen LogP contribution in [0.1, 0.15) is 40.1 Å². The fourth-order valence-electron chi connectivity index (χ4n) is 3.73. The van der Waals surface area contributed by atoms with Crippen LogP contribution in [0.3, 0.4) is 0 Å². The molecular formula is C24H24N4O. The zero-order chi connectivity index (χ0) is 20.5. The van der Waals surface area contributed by atoms with Gasteiger partial charge in [0.1, 0.15) is 0 Å². The van der Waals surface area contributed by atoms with Crippen molar-refractivity contribution in [1.82, 2.24) is 20.1 Å². The van der Waals surface area contributed by atoms with Crippen LogP contribution in [-0.4, -0.2) is 20.7 Å². The van der Waals surface area contributed by atoms with E-state index in [1.54, 1.807) is 4.68 Å². The predicted molar refractivity (Wildman–Crippen MR) is 116 cm³/mol. The normalized spacial score (nSPS) is 12.1. The molecule has 1 unspecified atom stereocenters. The molecule has 2 aromatic carbocycles. The second kappa shape index (κ2) is 7.51. The van der Waals surface area contributed by atoms with Crippen LogP contribution in [0.5, 0.6) is 0 Å². The van der Waals surface area contributed by atoms with Gasteiger partial charge in [-0.15, -0.1) is 0 Å². The maximum Gasteiger partial charge on any atom is 0.252 e. The molecule has 1 atom stereocenters. The van der Waals surface area contributed by atoms with Gasteiger partial charge in [-0.1, -0.05) is 36.4 Å². The molecule has 4 aromatic rings. The number of fused-ring (bicyclic) bond motifs is 1. The Bertz CT molecular complexity index is 1210. The van der Waals surface area contributed by atoms with Gasteiger partial charge in [0.15, 0.2) is 0 Å². The lowest BCUT2D eigenvalue weighted by Crippen LogP contribution is -2.27. The number of nitrogens with zero attached hydrogens (tertiary/aromatic N) is 3. The number of pyridine rings is 1. The molecule has 2 heterocycles. The van der Waals surface area contributed by atoms with Crippen LogP contribution in [0.15, 0.2) is 60.8 Å². The summed E-state index contributed by atoms with van der Waals surface area (Å²) in [5, 5.41) is 8.64. The number of aromatic nitrogens is 3. The quantitative estimate of drug-likeness (QED) is 0.553. The molecule has 0 spiro atoms. The van der Waals surface area contributed by atoms with Crippen molar-refractivity contribution in [3.05, 3.63) is 83.2 Å². The summed E-state index contributed by atoms with van der Waals surface area (Å²) in [4.78, 5) is 17.7. The Kier molecular flexibility index (Phi) is 4.89. The van der Waals surface area contributed by atoms with Crippen LogP contribution in [0.4, 0.5) is 0 Å². The zero-order valence-electron chi connectivity index (χ0n) is 17.1. The molecule has 4 rings (SSSR count). The third-order valence-electron chi connectivity index (χ3n) is 5.24. The minimum absolute atomic E-state index is 0.0735. The first-order valence-corrected chi connectivity index (χ1v) is 9.71. The van der Waals surface area contributed by atoms with E-state index in [0.717, 1.165) is 39.0 Å². The number of para-hydroxylation sites is 1. The lowest BCUT2D eigenvalue weighted by Gasteiger charge is -2.18. The van der Waals surface area contributed by atoms with Crippen molar-refractivity contribution in [3.63, 3.8) is 0 Å². The van der Waals surface area contributed by atoms with E-state index < -0.39 is 0 Å². The second-order valence-electron chi connectivity index (χ2n) is 7.43. The highest BCUT2D eigenvalue weighted by Gasteiger charge is 2.18. The largest absolute Gasteiger partial charge is 0.345 e. The van der Waals surface area contributed by atoms with Crippen molar-refractivity contribution < 1.29 is 4.79 Å². The van der Waals surface area contributed by atoms with Crippen molar-refractivity contribution in [2.24, 2.45) is 7.05 Å². The van der Waals surface area contributed by atoms with Gasteiger partial charge in [-0.2, -0.15) is 5.10 Å². The van der Waals surface area contributed by atoms with Gasteiger partial charge in [0.05, 0.1) is 22.9 Å². The van der Waals surface area contributed by atoms with Crippen LogP contribution >= 0.6 is 0 Å². The van der Waals surface area contributed by atoms with Crippen LogP contribution in [-0.2, 0) is 7.05 Å². The third kappa shape index (κ3) is 3.63. The van der Waals surface area contributed by atoms with Crippen molar-refractivity contribution in [2.75, 3.05) is 0 Å². The lowest BCUT2D eigenvalue weighted by molar-refractivity contribution is 0.0939. The van der Waals surface area contributed by atoms with E-state index in [-0.39, 0.29) is 11.9 Å². The van der Waals surface area contributed by atoms with Gasteiger partial charge in [-0.3, -0.25) is 9.48 Å². The van der Waals surface area contributed by atoms with Crippen LogP contribution in [0.25, 0.3) is 22.2 Å². The van der Waals surface area contributed by atoms with Gasteiger partial charge in [-0.25, -0.2) is 4.98 Å². The number of hydrogen-bond donors (Lipinski definition) is 1. The number of carbonyl (C=O) groups is 1. The Balaban J connectivity index is 1.77. The number of carbonyl (C=O) groups excluding carboxylic acids is 1. The molecule has 0 aliphatic heterocycles. The Hall–Kier alpha value is -3.47. The minimum atomic E-state index is -0.175. The van der Waals surface area contributed by atoms with Gasteiger partial charge in [-0.05, 0) is 50.1 Å². The fourth-order valence-corrected chi connectivity index (χ4v) is 3.73. The first-order chi connectivity index (χ1) is 13.9. The molecule has 0 saturated carbocycles. The Labute approximate surface area is 170 Å². The Morgan fingerprint density at radius 1 is 1.07 bits per heavy atom. The fraction of sp³-hybridized carbons (Fsp3) is 0.208. The average Bonchev–Trinajstić information content (AvgIpc) is 3.05. The van der Waals surface area contributed by atoms with Crippen molar-refractivity contribution in [1.29, 1.82) is 0 Å². The maximum atomic E-state index is 12.9. The summed E-state index contributed by atoms with van der Waals surface area (Å²) in [5.41, 5.74) is 6.39. The zero-order valence-corrected chi connectivity index (χ0v) is 17.1. The second-order valence-corrected chi connectivity index (χ2v) is 7.43. The van der Waals surface area contributed by atoms with Crippen molar-refractivity contribution in [3.8, 4) is 11.3 Å². The van der Waals surface area contributed by atoms with E-state index in [1.807, 2.05) is 82.5 Å². The number of benzene rings is 2. The summed E-state index contributed by atoms with van der Waals surface area (Å²) in [5.74, 6) is -0.0735. The molecule has 0 radical (unpaired) electrons. The maximum absolute atomic E-state index is 12.9. The third-order valence-corrected chi connectivity index (χ3v) is 5.24. The van der Waals surface area contributed by atoms with E-state index >= 15 is 0 Å². The van der Waals surface area contributed by atoms with E-state index in [0.29, 0.717) is 5.56 Å². The van der Waals surface area contributed by atoms with E-state index in [4.69, 9.17) is 4.98 Å². The predicted octanol–water partition coefficient (Wildman–Crippen LogP) is 4.74. The Morgan fingerprint density at radius 3 is 2.52 bits per heavy atom. The smallest absolute Gasteiger partial charge is 0.252 e. The summed E-state index contributed by atoms with van der Waals surface area (Å²) in [6, 6.07) is 17.6. The first kappa shape index (κ1) is 18.9. The molecule has 0 aliphatic carbocycles. The average molecular weight is 384 g/mol. The standard InChI is InChI=1S/C24H24N4O/c1-15-9-5-6-10-18(15)24(29)25-16(2)20-13-23(21-14-28(4)27-17(21)3)26-22-12-8-7-11-19(20)22/h5-14,16H,1-4H3,(H,25,29). The molecule has 0 fully saturated rings. The van der Waals surface area contributed by atoms with Gasteiger partial charge < -0.3 is 5.32 Å². The highest BCUT2D eigenvalue weighted by molar-refractivity contribution is 5.96. The van der Waals surface area contributed by atoms with Crippen LogP contribution in [0.2, 0.25) is 0 Å². The number of amides is 1. The van der Waals surface area contributed by atoms with Gasteiger partial charge >= 0.3 is 0 Å². The number of nitrogens with one attached hydrogen (secondary N) is 1. The molecule has 2 aromatic heterocycles. The SMILES string of the molecule is Cc1ccccc1C(=O)NC(C)c1cc(-c2cn(C)nc2C)nc2ccccc12. The first-order valence-electron chi connectivity index (χ1n) is 9.71. The monoisotopic (exact) mass is 384 g/mol. The highest BCUT2D eigenvalue weighted by atomic mass is 16.1. The van der Waals surface area contributed by atoms with E-state index in [9.17, 15) is 4.79 Å². The molecular weight excluding hydrogens is 360 g/mol.